The van der Waals surface area contributed by atoms with Crippen LogP contribution in [-0.2, 0) is 22.4 Å². The first-order valence-corrected chi connectivity index (χ1v) is 13.9. The van der Waals surface area contributed by atoms with Crippen molar-refractivity contribution in [1.82, 2.24) is 9.80 Å². The fourth-order valence-corrected chi connectivity index (χ4v) is 5.25. The van der Waals surface area contributed by atoms with E-state index in [4.69, 9.17) is 0 Å². The Hall–Kier alpha value is -3.03. The first-order valence-electron chi connectivity index (χ1n) is 13.9. The molecule has 0 bridgehead atoms. The minimum atomic E-state index is -1.20. The lowest BCUT2D eigenvalue weighted by Crippen LogP contribution is -2.65. The van der Waals surface area contributed by atoms with Crippen LogP contribution in [0.2, 0.25) is 0 Å². The van der Waals surface area contributed by atoms with Crippen LogP contribution < -0.4 is 11.5 Å². The summed E-state index contributed by atoms with van der Waals surface area (Å²) < 4.78 is 0. The molecular formula is C30H44N4O3+2. The molecule has 7 heteroatoms. The van der Waals surface area contributed by atoms with Crippen molar-refractivity contribution in [2.45, 2.75) is 64.2 Å². The second-order valence-corrected chi connectivity index (χ2v) is 10.1. The van der Waals surface area contributed by atoms with Crippen LogP contribution in [-0.4, -0.2) is 53.8 Å². The van der Waals surface area contributed by atoms with Crippen LogP contribution >= 0.6 is 0 Å². The molecule has 0 spiro atoms. The molecule has 0 aliphatic carbocycles. The lowest BCUT2D eigenvalue weighted by Gasteiger charge is -2.44. The van der Waals surface area contributed by atoms with E-state index in [0.717, 1.165) is 38.8 Å². The fourth-order valence-electron chi connectivity index (χ4n) is 5.25. The van der Waals surface area contributed by atoms with Gasteiger partial charge in [-0.05, 0) is 75.3 Å². The number of urea groups is 1. The first-order chi connectivity index (χ1) is 18.0. The van der Waals surface area contributed by atoms with Gasteiger partial charge in [-0.2, -0.15) is 0 Å². The van der Waals surface area contributed by atoms with E-state index in [1.54, 1.807) is 0 Å². The van der Waals surface area contributed by atoms with E-state index in [9.17, 15) is 14.4 Å². The summed E-state index contributed by atoms with van der Waals surface area (Å²) >= 11 is 0. The maximum Gasteiger partial charge on any atom is 0.333 e. The number of quaternary nitrogens is 2. The number of hydrogen-bond donors (Lipinski definition) is 2. The van der Waals surface area contributed by atoms with Gasteiger partial charge in [-0.1, -0.05) is 60.7 Å². The number of nitrogens with zero attached hydrogens (tertiary/aromatic N) is 2. The van der Waals surface area contributed by atoms with Gasteiger partial charge in [0, 0.05) is 13.1 Å². The van der Waals surface area contributed by atoms with Crippen molar-refractivity contribution in [2.24, 2.45) is 5.41 Å². The van der Waals surface area contributed by atoms with Crippen LogP contribution in [0.5, 0.6) is 0 Å². The van der Waals surface area contributed by atoms with Crippen molar-refractivity contribution in [1.29, 1.82) is 0 Å². The Morgan fingerprint density at radius 2 is 0.973 bits per heavy atom. The molecular weight excluding hydrogens is 464 g/mol. The largest absolute Gasteiger partial charge is 0.358 e. The zero-order chi connectivity index (χ0) is 26.5. The monoisotopic (exact) mass is 508 g/mol. The number of imide groups is 2. The van der Waals surface area contributed by atoms with Gasteiger partial charge in [0.05, 0.1) is 13.1 Å². The number of carbonyl (C=O) groups is 3. The van der Waals surface area contributed by atoms with Crippen LogP contribution in [0, 0.1) is 5.41 Å². The van der Waals surface area contributed by atoms with Crippen molar-refractivity contribution >= 4 is 17.8 Å². The summed E-state index contributed by atoms with van der Waals surface area (Å²) in [4.78, 5) is 44.2. The van der Waals surface area contributed by atoms with Crippen LogP contribution in [0.3, 0.4) is 0 Å². The average Bonchev–Trinajstić information content (AvgIpc) is 2.92. The number of barbiturate groups is 1. The third kappa shape index (κ3) is 7.49. The molecule has 37 heavy (non-hydrogen) atoms. The Kier molecular flexibility index (Phi) is 11.3. The van der Waals surface area contributed by atoms with Crippen molar-refractivity contribution < 1.29 is 25.9 Å². The standard InChI is InChI=1S/C30H42N4O3/c31-21-7-9-23-33-27(35)30(19-11-17-25-13-3-1-4-14-25,20-12-18-26-15-5-2-6-16-26)28(36)34(29(33)37)24-10-8-22-32/h1-6,13-16H,7-12,17-24,31-32H2/p+2. The van der Waals surface area contributed by atoms with Gasteiger partial charge < -0.3 is 11.5 Å². The Balaban J connectivity index is 1.87. The molecule has 0 aromatic heterocycles. The Bertz CT molecular complexity index is 917. The van der Waals surface area contributed by atoms with E-state index in [-0.39, 0.29) is 11.8 Å². The van der Waals surface area contributed by atoms with E-state index in [1.165, 1.54) is 20.9 Å². The highest BCUT2D eigenvalue weighted by Crippen LogP contribution is 2.39. The molecule has 1 heterocycles. The van der Waals surface area contributed by atoms with Crippen LogP contribution in [0.4, 0.5) is 4.79 Å². The van der Waals surface area contributed by atoms with E-state index in [2.05, 4.69) is 35.7 Å². The molecule has 0 unspecified atom stereocenters. The molecule has 4 amide bonds. The van der Waals surface area contributed by atoms with E-state index < -0.39 is 11.4 Å². The van der Waals surface area contributed by atoms with Gasteiger partial charge in [-0.25, -0.2) is 4.79 Å². The number of carbonyl (C=O) groups excluding carboxylic acids is 3. The molecule has 1 fully saturated rings. The van der Waals surface area contributed by atoms with Crippen molar-refractivity contribution in [3.63, 3.8) is 0 Å². The number of unbranched alkanes of at least 4 members (excludes halogenated alkanes) is 2. The molecule has 0 saturated carbocycles. The molecule has 3 rings (SSSR count). The topological polar surface area (TPSA) is 113 Å². The van der Waals surface area contributed by atoms with Crippen LogP contribution in [0.25, 0.3) is 0 Å². The SMILES string of the molecule is [NH3+]CCCCN1C(=O)N(CCCC[NH3+])C(=O)C(CCCc2ccccc2)(CCCc2ccccc2)C1=O. The van der Waals surface area contributed by atoms with Gasteiger partial charge >= 0.3 is 6.03 Å². The highest BCUT2D eigenvalue weighted by atomic mass is 16.2. The van der Waals surface area contributed by atoms with Crippen molar-refractivity contribution in [3.8, 4) is 0 Å². The molecule has 6 N–H and O–H groups in total. The van der Waals surface area contributed by atoms with E-state index in [0.29, 0.717) is 51.6 Å². The van der Waals surface area contributed by atoms with Gasteiger partial charge in [0.15, 0.2) is 0 Å². The molecule has 2 aromatic rings. The van der Waals surface area contributed by atoms with E-state index in [1.807, 2.05) is 36.4 Å². The summed E-state index contributed by atoms with van der Waals surface area (Å²) in [6, 6.07) is 19.9. The van der Waals surface area contributed by atoms with Crippen molar-refractivity contribution in [2.75, 3.05) is 26.2 Å². The third-order valence-electron chi connectivity index (χ3n) is 7.36. The lowest BCUT2D eigenvalue weighted by atomic mass is 9.73. The number of aryl methyl sites for hydroxylation is 2. The van der Waals surface area contributed by atoms with Gasteiger partial charge in [-0.15, -0.1) is 0 Å². The summed E-state index contributed by atoms with van der Waals surface area (Å²) in [6.45, 7) is 2.18. The number of amides is 4. The van der Waals surface area contributed by atoms with Crippen LogP contribution in [0.15, 0.2) is 60.7 Å². The van der Waals surface area contributed by atoms with Crippen molar-refractivity contribution in [3.05, 3.63) is 71.8 Å². The predicted molar refractivity (Wildman–Crippen MR) is 144 cm³/mol. The summed E-state index contributed by atoms with van der Waals surface area (Å²) in [5.74, 6) is -0.609. The average molecular weight is 509 g/mol. The third-order valence-corrected chi connectivity index (χ3v) is 7.36. The molecule has 1 aliphatic heterocycles. The summed E-state index contributed by atoms with van der Waals surface area (Å²) in [5.41, 5.74) is 8.96. The minimum Gasteiger partial charge on any atom is -0.358 e. The maximum absolute atomic E-state index is 14.1. The lowest BCUT2D eigenvalue weighted by molar-refractivity contribution is -0.368. The van der Waals surface area contributed by atoms with Gasteiger partial charge in [-0.3, -0.25) is 19.4 Å². The van der Waals surface area contributed by atoms with Crippen LogP contribution in [0.1, 0.15) is 62.5 Å². The molecule has 0 atom stereocenters. The highest BCUT2D eigenvalue weighted by molar-refractivity contribution is 6.19. The minimum absolute atomic E-state index is 0.305. The fraction of sp³-hybridized carbons (Fsp3) is 0.500. The predicted octanol–water partition coefficient (Wildman–Crippen LogP) is 2.85. The highest BCUT2D eigenvalue weighted by Gasteiger charge is 2.55. The zero-order valence-electron chi connectivity index (χ0n) is 22.2. The van der Waals surface area contributed by atoms with Gasteiger partial charge in [0.25, 0.3) is 0 Å². The first kappa shape index (κ1) is 28.5. The molecule has 7 nitrogen and oxygen atoms in total. The number of hydrogen-bond acceptors (Lipinski definition) is 3. The number of benzene rings is 2. The molecule has 200 valence electrons. The summed E-state index contributed by atoms with van der Waals surface area (Å²) in [5, 5.41) is 0. The number of rotatable bonds is 16. The molecule has 0 radical (unpaired) electrons. The smallest absolute Gasteiger partial charge is 0.333 e. The molecule has 1 aliphatic rings. The quantitative estimate of drug-likeness (QED) is 0.268. The van der Waals surface area contributed by atoms with Gasteiger partial charge in [0.1, 0.15) is 5.41 Å². The normalized spacial score (nSPS) is 15.5. The van der Waals surface area contributed by atoms with Gasteiger partial charge in [0.2, 0.25) is 11.8 Å². The Morgan fingerprint density at radius 3 is 1.35 bits per heavy atom. The summed E-state index contributed by atoms with van der Waals surface area (Å²) in [6.07, 6.45) is 6.96. The molecule has 2 aromatic carbocycles. The second kappa shape index (κ2) is 14.6. The van der Waals surface area contributed by atoms with E-state index >= 15 is 0 Å². The Labute approximate surface area is 221 Å². The maximum atomic E-state index is 14.1. The second-order valence-electron chi connectivity index (χ2n) is 10.1. The Morgan fingerprint density at radius 1 is 0.568 bits per heavy atom. The summed E-state index contributed by atoms with van der Waals surface area (Å²) in [7, 11) is 0. The zero-order valence-corrected chi connectivity index (χ0v) is 22.2. The molecule has 1 saturated heterocycles.